The zero-order valence-electron chi connectivity index (χ0n) is 10.6. The number of oxazole rings is 1. The lowest BCUT2D eigenvalue weighted by molar-refractivity contribution is -0.115. The van der Waals surface area contributed by atoms with E-state index in [1.807, 2.05) is 19.1 Å². The molecule has 0 spiro atoms. The Hall–Kier alpha value is -1.95. The van der Waals surface area contributed by atoms with E-state index in [2.05, 4.69) is 10.3 Å². The highest BCUT2D eigenvalue weighted by Gasteiger charge is 2.07. The van der Waals surface area contributed by atoms with Crippen LogP contribution in [0.4, 0.5) is 11.4 Å². The van der Waals surface area contributed by atoms with Gasteiger partial charge in [0.2, 0.25) is 5.91 Å². The predicted octanol–water partition coefficient (Wildman–Crippen LogP) is 2.69. The molecule has 0 unspecified atom stereocenters. The fourth-order valence-corrected chi connectivity index (χ4v) is 2.24. The van der Waals surface area contributed by atoms with E-state index in [0.717, 1.165) is 5.69 Å². The number of para-hydroxylation sites is 2. The molecule has 0 saturated carbocycles. The van der Waals surface area contributed by atoms with Crippen LogP contribution in [0, 0.1) is 6.92 Å². The minimum Gasteiger partial charge on any atom is -0.440 e. The lowest BCUT2D eigenvalue weighted by Crippen LogP contribution is -2.13. The van der Waals surface area contributed by atoms with Gasteiger partial charge in [-0.1, -0.05) is 23.9 Å². The molecule has 0 saturated heterocycles. The van der Waals surface area contributed by atoms with Crippen LogP contribution >= 0.6 is 11.8 Å². The van der Waals surface area contributed by atoms with Gasteiger partial charge in [0, 0.05) is 12.2 Å². The highest BCUT2D eigenvalue weighted by Crippen LogP contribution is 2.19. The van der Waals surface area contributed by atoms with Crippen molar-refractivity contribution in [2.24, 2.45) is 0 Å². The van der Waals surface area contributed by atoms with Gasteiger partial charge in [-0.3, -0.25) is 4.79 Å². The zero-order chi connectivity index (χ0) is 13.7. The third kappa shape index (κ3) is 4.03. The number of anilines is 2. The van der Waals surface area contributed by atoms with E-state index in [9.17, 15) is 4.79 Å². The lowest BCUT2D eigenvalue weighted by atomic mass is 10.2. The van der Waals surface area contributed by atoms with Gasteiger partial charge in [-0.2, -0.15) is 0 Å². The maximum absolute atomic E-state index is 11.7. The number of nitrogen functional groups attached to an aromatic ring is 1. The van der Waals surface area contributed by atoms with Crippen molar-refractivity contribution in [3.63, 3.8) is 0 Å². The number of nitrogens with zero attached hydrogens (tertiary/aromatic N) is 1. The molecule has 2 aromatic rings. The van der Waals surface area contributed by atoms with E-state index >= 15 is 0 Å². The third-order valence-corrected chi connectivity index (χ3v) is 3.23. The van der Waals surface area contributed by atoms with E-state index in [1.54, 1.807) is 18.4 Å². The molecule has 0 fully saturated rings. The van der Waals surface area contributed by atoms with Crippen LogP contribution in [0.3, 0.4) is 0 Å². The summed E-state index contributed by atoms with van der Waals surface area (Å²) >= 11 is 1.41. The van der Waals surface area contributed by atoms with Crippen molar-refractivity contribution in [2.45, 2.75) is 18.6 Å². The summed E-state index contributed by atoms with van der Waals surface area (Å²) in [5, 5.41) is 3.36. The molecule has 0 aliphatic rings. The Balaban J connectivity index is 1.77. The van der Waals surface area contributed by atoms with Gasteiger partial charge in [-0.25, -0.2) is 4.98 Å². The van der Waals surface area contributed by atoms with E-state index in [-0.39, 0.29) is 5.91 Å². The average molecular weight is 277 g/mol. The van der Waals surface area contributed by atoms with Crippen molar-refractivity contribution in [1.82, 2.24) is 4.98 Å². The number of benzene rings is 1. The van der Waals surface area contributed by atoms with Gasteiger partial charge in [0.05, 0.1) is 17.1 Å². The second-order valence-corrected chi connectivity index (χ2v) is 5.03. The van der Waals surface area contributed by atoms with Gasteiger partial charge in [0.1, 0.15) is 6.26 Å². The minimum absolute atomic E-state index is 0.0753. The maximum atomic E-state index is 11.7. The summed E-state index contributed by atoms with van der Waals surface area (Å²) in [6.07, 6.45) is 1.97. The standard InChI is InChI=1S/C13H15N3O2S/c1-9-8-18-13(15-9)19-7-6-12(17)16-11-5-3-2-4-10(11)14/h2-5,8H,6-7,14H2,1H3,(H,16,17). The predicted molar refractivity (Wildman–Crippen MR) is 76.1 cm³/mol. The first kappa shape index (κ1) is 13.5. The van der Waals surface area contributed by atoms with Gasteiger partial charge in [-0.15, -0.1) is 0 Å². The van der Waals surface area contributed by atoms with Crippen molar-refractivity contribution < 1.29 is 9.21 Å². The summed E-state index contributed by atoms with van der Waals surface area (Å²) in [5.74, 6) is 0.534. The molecule has 1 heterocycles. The summed E-state index contributed by atoms with van der Waals surface area (Å²) in [5.41, 5.74) is 7.79. The molecule has 0 radical (unpaired) electrons. The molecule has 3 N–H and O–H groups in total. The molecule has 1 amide bonds. The molecule has 0 aliphatic heterocycles. The van der Waals surface area contributed by atoms with Gasteiger partial charge in [-0.05, 0) is 19.1 Å². The SMILES string of the molecule is Cc1coc(SCCC(=O)Nc2ccccc2N)n1. The Morgan fingerprint density at radius 3 is 2.95 bits per heavy atom. The fraction of sp³-hybridized carbons (Fsp3) is 0.231. The Morgan fingerprint density at radius 1 is 1.47 bits per heavy atom. The number of carbonyl (C=O) groups excluding carboxylic acids is 1. The van der Waals surface area contributed by atoms with Crippen molar-refractivity contribution in [3.05, 3.63) is 36.2 Å². The second kappa shape index (κ2) is 6.29. The van der Waals surface area contributed by atoms with Crippen LogP contribution in [0.15, 0.2) is 40.2 Å². The highest BCUT2D eigenvalue weighted by molar-refractivity contribution is 7.99. The molecule has 0 bridgehead atoms. The lowest BCUT2D eigenvalue weighted by Gasteiger charge is -2.06. The van der Waals surface area contributed by atoms with Crippen LogP contribution in [-0.2, 0) is 4.79 Å². The van der Waals surface area contributed by atoms with E-state index < -0.39 is 0 Å². The molecule has 0 aliphatic carbocycles. The van der Waals surface area contributed by atoms with Crippen LogP contribution < -0.4 is 11.1 Å². The molecular weight excluding hydrogens is 262 g/mol. The monoisotopic (exact) mass is 277 g/mol. The molecule has 0 atom stereocenters. The normalized spacial score (nSPS) is 10.4. The number of hydrogen-bond donors (Lipinski definition) is 2. The number of aryl methyl sites for hydroxylation is 1. The number of aromatic nitrogens is 1. The number of nitrogens with one attached hydrogen (secondary N) is 1. The summed E-state index contributed by atoms with van der Waals surface area (Å²) in [7, 11) is 0. The Kier molecular flexibility index (Phi) is 4.46. The molecule has 1 aromatic heterocycles. The summed E-state index contributed by atoms with van der Waals surface area (Å²) in [6.45, 7) is 1.86. The molecular formula is C13H15N3O2S. The van der Waals surface area contributed by atoms with Gasteiger partial charge < -0.3 is 15.5 Å². The van der Waals surface area contributed by atoms with Crippen LogP contribution in [0.5, 0.6) is 0 Å². The van der Waals surface area contributed by atoms with Crippen LogP contribution in [0.2, 0.25) is 0 Å². The van der Waals surface area contributed by atoms with Gasteiger partial charge in [0.15, 0.2) is 0 Å². The van der Waals surface area contributed by atoms with Gasteiger partial charge in [0.25, 0.3) is 5.22 Å². The Morgan fingerprint density at radius 2 is 2.26 bits per heavy atom. The molecule has 1 aromatic carbocycles. The van der Waals surface area contributed by atoms with Crippen molar-refractivity contribution in [1.29, 1.82) is 0 Å². The number of amides is 1. The van der Waals surface area contributed by atoms with Crippen LogP contribution in [0.1, 0.15) is 12.1 Å². The Labute approximate surface area is 115 Å². The van der Waals surface area contributed by atoms with Crippen molar-refractivity contribution >= 4 is 29.0 Å². The first-order valence-corrected chi connectivity index (χ1v) is 6.83. The topological polar surface area (TPSA) is 81.2 Å². The first-order chi connectivity index (χ1) is 9.15. The Bertz CT molecular complexity index is 569. The van der Waals surface area contributed by atoms with Gasteiger partial charge >= 0.3 is 0 Å². The quantitative estimate of drug-likeness (QED) is 0.648. The van der Waals surface area contributed by atoms with Crippen molar-refractivity contribution in [3.8, 4) is 0 Å². The molecule has 5 nitrogen and oxygen atoms in total. The smallest absolute Gasteiger partial charge is 0.255 e. The molecule has 2 rings (SSSR count). The first-order valence-electron chi connectivity index (χ1n) is 5.84. The van der Waals surface area contributed by atoms with Crippen LogP contribution in [0.25, 0.3) is 0 Å². The third-order valence-electron chi connectivity index (χ3n) is 2.39. The second-order valence-electron chi connectivity index (χ2n) is 3.99. The number of carbonyl (C=O) groups is 1. The number of rotatable bonds is 5. The number of thioether (sulfide) groups is 1. The fourth-order valence-electron chi connectivity index (χ4n) is 1.45. The summed E-state index contributed by atoms with van der Waals surface area (Å²) < 4.78 is 5.18. The van der Waals surface area contributed by atoms with E-state index in [0.29, 0.717) is 28.8 Å². The van der Waals surface area contributed by atoms with E-state index in [4.69, 9.17) is 10.2 Å². The van der Waals surface area contributed by atoms with E-state index in [1.165, 1.54) is 11.8 Å². The molecule has 19 heavy (non-hydrogen) atoms. The zero-order valence-corrected chi connectivity index (χ0v) is 11.4. The molecule has 6 heteroatoms. The maximum Gasteiger partial charge on any atom is 0.255 e. The van der Waals surface area contributed by atoms with Crippen molar-refractivity contribution in [2.75, 3.05) is 16.8 Å². The summed E-state index contributed by atoms with van der Waals surface area (Å²) in [6, 6.07) is 7.18. The minimum atomic E-state index is -0.0753. The highest BCUT2D eigenvalue weighted by atomic mass is 32.2. The largest absolute Gasteiger partial charge is 0.440 e. The summed E-state index contributed by atoms with van der Waals surface area (Å²) in [4.78, 5) is 15.9. The number of hydrogen-bond acceptors (Lipinski definition) is 5. The number of nitrogens with two attached hydrogens (primary N) is 1. The molecule has 100 valence electrons. The van der Waals surface area contributed by atoms with Crippen LogP contribution in [-0.4, -0.2) is 16.6 Å². The average Bonchev–Trinajstić information content (AvgIpc) is 2.78.